The average molecular weight is 288 g/mol. The van der Waals surface area contributed by atoms with Crippen LogP contribution in [-0.2, 0) is 4.79 Å². The lowest BCUT2D eigenvalue weighted by atomic mass is 10.1. The van der Waals surface area contributed by atoms with Crippen molar-refractivity contribution in [3.63, 3.8) is 0 Å². The number of amides is 2. The summed E-state index contributed by atoms with van der Waals surface area (Å²) in [4.78, 5) is 23.5. The molecule has 0 radical (unpaired) electrons. The third-order valence-electron chi connectivity index (χ3n) is 4.21. The topological polar surface area (TPSA) is 78.4 Å². The molecule has 3 rings (SSSR count). The number of nitrogens with one attached hydrogen (secondary N) is 2. The van der Waals surface area contributed by atoms with Crippen molar-refractivity contribution in [2.75, 3.05) is 0 Å². The van der Waals surface area contributed by atoms with Crippen molar-refractivity contribution in [2.45, 2.75) is 37.8 Å². The number of hydrogen-bond acceptors (Lipinski definition) is 2. The number of rotatable bonds is 6. The van der Waals surface area contributed by atoms with E-state index >= 15 is 0 Å². The number of benzene rings is 1. The van der Waals surface area contributed by atoms with Gasteiger partial charge in [-0.2, -0.15) is 0 Å². The minimum absolute atomic E-state index is 0.218. The Morgan fingerprint density at radius 2 is 1.57 bits per heavy atom. The van der Waals surface area contributed by atoms with Gasteiger partial charge >= 0.3 is 12.0 Å². The van der Waals surface area contributed by atoms with Gasteiger partial charge in [-0.25, -0.2) is 9.59 Å². The second kappa shape index (κ2) is 5.76. The molecular weight excluding hydrogens is 268 g/mol. The van der Waals surface area contributed by atoms with Crippen LogP contribution < -0.4 is 10.6 Å². The first-order valence-electron chi connectivity index (χ1n) is 7.50. The molecule has 2 aliphatic carbocycles. The fourth-order valence-electron chi connectivity index (χ4n) is 2.79. The lowest BCUT2D eigenvalue weighted by Crippen LogP contribution is -2.46. The van der Waals surface area contributed by atoms with Gasteiger partial charge in [0.1, 0.15) is 0 Å². The minimum Gasteiger partial charge on any atom is -0.479 e. The number of carboxylic acid groups (broad SMARTS) is 1. The van der Waals surface area contributed by atoms with E-state index in [4.69, 9.17) is 0 Å². The van der Waals surface area contributed by atoms with E-state index in [-0.39, 0.29) is 12.1 Å². The van der Waals surface area contributed by atoms with Crippen molar-refractivity contribution in [1.82, 2.24) is 10.6 Å². The smallest absolute Gasteiger partial charge is 0.330 e. The molecule has 0 aromatic heterocycles. The standard InChI is InChI=1S/C16H20N2O3/c19-15(20)14(10-4-2-1-3-5-10)18-16(21)17-13(11-6-7-11)12-8-9-12/h1-5,11-14H,6-9H2,(H,19,20)(H2,17,18,21)/t14-/m1/s1. The summed E-state index contributed by atoms with van der Waals surface area (Å²) < 4.78 is 0. The Hall–Kier alpha value is -2.04. The number of carboxylic acids is 1. The van der Waals surface area contributed by atoms with Crippen LogP contribution in [0.3, 0.4) is 0 Å². The van der Waals surface area contributed by atoms with E-state index in [1.54, 1.807) is 24.3 Å². The molecule has 0 spiro atoms. The molecule has 5 nitrogen and oxygen atoms in total. The summed E-state index contributed by atoms with van der Waals surface area (Å²) in [6.45, 7) is 0. The summed E-state index contributed by atoms with van der Waals surface area (Å²) in [7, 11) is 0. The molecule has 3 N–H and O–H groups in total. The van der Waals surface area contributed by atoms with E-state index in [9.17, 15) is 14.7 Å². The summed E-state index contributed by atoms with van der Waals surface area (Å²) in [5.74, 6) is 0.122. The van der Waals surface area contributed by atoms with Gasteiger partial charge in [0.05, 0.1) is 0 Å². The number of hydrogen-bond donors (Lipinski definition) is 3. The van der Waals surface area contributed by atoms with Gasteiger partial charge in [-0.1, -0.05) is 30.3 Å². The van der Waals surface area contributed by atoms with Crippen molar-refractivity contribution in [1.29, 1.82) is 0 Å². The first-order valence-corrected chi connectivity index (χ1v) is 7.50. The van der Waals surface area contributed by atoms with Gasteiger partial charge in [-0.15, -0.1) is 0 Å². The van der Waals surface area contributed by atoms with Crippen LogP contribution in [0.4, 0.5) is 4.79 Å². The second-order valence-electron chi connectivity index (χ2n) is 6.00. The van der Waals surface area contributed by atoms with Crippen LogP contribution in [0.25, 0.3) is 0 Å². The zero-order valence-electron chi connectivity index (χ0n) is 11.8. The van der Waals surface area contributed by atoms with Gasteiger partial charge in [-0.3, -0.25) is 0 Å². The molecule has 2 amide bonds. The van der Waals surface area contributed by atoms with E-state index in [2.05, 4.69) is 10.6 Å². The maximum Gasteiger partial charge on any atom is 0.330 e. The highest BCUT2D eigenvalue weighted by atomic mass is 16.4. The van der Waals surface area contributed by atoms with Gasteiger partial charge in [0.25, 0.3) is 0 Å². The summed E-state index contributed by atoms with van der Waals surface area (Å²) in [6.07, 6.45) is 4.68. The van der Waals surface area contributed by atoms with Crippen molar-refractivity contribution < 1.29 is 14.7 Å². The molecule has 1 aromatic rings. The van der Waals surface area contributed by atoms with E-state index < -0.39 is 12.0 Å². The molecule has 0 saturated heterocycles. The molecule has 0 bridgehead atoms. The Bertz CT molecular complexity index is 512. The lowest BCUT2D eigenvalue weighted by molar-refractivity contribution is -0.139. The van der Waals surface area contributed by atoms with E-state index in [0.717, 1.165) is 0 Å². The summed E-state index contributed by atoms with van der Waals surface area (Å²) in [6, 6.07) is 7.59. The normalized spacial score (nSPS) is 19.1. The number of urea groups is 1. The van der Waals surface area contributed by atoms with Crippen LogP contribution in [0.1, 0.15) is 37.3 Å². The molecule has 2 fully saturated rings. The predicted octanol–water partition coefficient (Wildman–Crippen LogP) is 2.30. The first kappa shape index (κ1) is 13.9. The molecule has 21 heavy (non-hydrogen) atoms. The van der Waals surface area contributed by atoms with Crippen molar-refractivity contribution in [2.24, 2.45) is 11.8 Å². The maximum absolute atomic E-state index is 12.1. The Balaban J connectivity index is 1.62. The maximum atomic E-state index is 12.1. The minimum atomic E-state index is -1.05. The summed E-state index contributed by atoms with van der Waals surface area (Å²) in [5.41, 5.74) is 0.578. The molecular formula is C16H20N2O3. The van der Waals surface area contributed by atoms with E-state index in [0.29, 0.717) is 17.4 Å². The van der Waals surface area contributed by atoms with Crippen LogP contribution in [0.2, 0.25) is 0 Å². The van der Waals surface area contributed by atoms with E-state index in [1.807, 2.05) is 6.07 Å². The molecule has 1 atom stereocenters. The van der Waals surface area contributed by atoms with Crippen molar-refractivity contribution in [3.8, 4) is 0 Å². The van der Waals surface area contributed by atoms with Crippen LogP contribution >= 0.6 is 0 Å². The van der Waals surface area contributed by atoms with E-state index in [1.165, 1.54) is 25.7 Å². The quantitative estimate of drug-likeness (QED) is 0.751. The second-order valence-corrected chi connectivity index (χ2v) is 6.00. The SMILES string of the molecule is O=C(NC(C1CC1)C1CC1)N[C@@H](C(=O)O)c1ccccc1. The monoisotopic (exact) mass is 288 g/mol. The Morgan fingerprint density at radius 3 is 2.05 bits per heavy atom. The number of carbonyl (C=O) groups is 2. The van der Waals surface area contributed by atoms with Crippen LogP contribution in [0.15, 0.2) is 30.3 Å². The molecule has 2 aliphatic rings. The van der Waals surface area contributed by atoms with Gasteiger partial charge in [0, 0.05) is 6.04 Å². The van der Waals surface area contributed by atoms with Crippen LogP contribution in [0.5, 0.6) is 0 Å². The lowest BCUT2D eigenvalue weighted by Gasteiger charge is -2.21. The highest BCUT2D eigenvalue weighted by Crippen LogP contribution is 2.44. The molecule has 112 valence electrons. The largest absolute Gasteiger partial charge is 0.479 e. The molecule has 1 aromatic carbocycles. The third-order valence-corrected chi connectivity index (χ3v) is 4.21. The van der Waals surface area contributed by atoms with Crippen LogP contribution in [0, 0.1) is 11.8 Å². The third kappa shape index (κ3) is 3.54. The molecule has 2 saturated carbocycles. The van der Waals surface area contributed by atoms with Gasteiger partial charge in [0.2, 0.25) is 0 Å². The van der Waals surface area contributed by atoms with Crippen LogP contribution in [-0.4, -0.2) is 23.1 Å². The van der Waals surface area contributed by atoms with Gasteiger partial charge in [-0.05, 0) is 43.1 Å². The Labute approximate surface area is 123 Å². The predicted molar refractivity (Wildman–Crippen MR) is 77.7 cm³/mol. The van der Waals surface area contributed by atoms with Gasteiger partial charge in [0.15, 0.2) is 6.04 Å². The zero-order valence-corrected chi connectivity index (χ0v) is 11.8. The summed E-state index contributed by atoms with van der Waals surface area (Å²) >= 11 is 0. The zero-order chi connectivity index (χ0) is 14.8. The molecule has 5 heteroatoms. The van der Waals surface area contributed by atoms with Gasteiger partial charge < -0.3 is 15.7 Å². The molecule has 0 heterocycles. The highest BCUT2D eigenvalue weighted by Gasteiger charge is 2.42. The fraction of sp³-hybridized carbons (Fsp3) is 0.500. The Kier molecular flexibility index (Phi) is 3.82. The van der Waals surface area contributed by atoms with Crippen molar-refractivity contribution >= 4 is 12.0 Å². The first-order chi connectivity index (χ1) is 10.1. The number of aliphatic carboxylic acids is 1. The van der Waals surface area contributed by atoms with Crippen molar-refractivity contribution in [3.05, 3.63) is 35.9 Å². The fourth-order valence-corrected chi connectivity index (χ4v) is 2.79. The Morgan fingerprint density at radius 1 is 1.00 bits per heavy atom. The summed E-state index contributed by atoms with van der Waals surface area (Å²) in [5, 5.41) is 14.9. The molecule has 0 aliphatic heterocycles. The average Bonchev–Trinajstić information content (AvgIpc) is 3.36. The number of carbonyl (C=O) groups excluding carboxylic acids is 1. The molecule has 0 unspecified atom stereocenters. The highest BCUT2D eigenvalue weighted by molar-refractivity contribution is 5.83.